The SMILES string of the molecule is N#CCCCN(CC(=O)O)c1cccc(Cl)c1. The molecule has 0 spiro atoms. The van der Waals surface area contributed by atoms with Gasteiger partial charge in [-0.15, -0.1) is 0 Å². The van der Waals surface area contributed by atoms with Gasteiger partial charge in [0.05, 0.1) is 6.07 Å². The molecule has 1 aromatic rings. The first-order valence-electron chi connectivity index (χ1n) is 5.22. The van der Waals surface area contributed by atoms with E-state index in [-0.39, 0.29) is 6.54 Å². The Balaban J connectivity index is 2.75. The predicted molar refractivity (Wildman–Crippen MR) is 66.1 cm³/mol. The molecule has 1 aromatic carbocycles. The van der Waals surface area contributed by atoms with E-state index in [0.29, 0.717) is 24.4 Å². The maximum absolute atomic E-state index is 10.8. The number of benzene rings is 1. The van der Waals surface area contributed by atoms with Gasteiger partial charge in [0, 0.05) is 23.7 Å². The first-order chi connectivity index (χ1) is 8.13. The zero-order valence-electron chi connectivity index (χ0n) is 9.27. The minimum absolute atomic E-state index is 0.0915. The van der Waals surface area contributed by atoms with Crippen LogP contribution in [-0.4, -0.2) is 24.2 Å². The molecular weight excluding hydrogens is 240 g/mol. The van der Waals surface area contributed by atoms with Crippen molar-refractivity contribution >= 4 is 23.3 Å². The average molecular weight is 253 g/mol. The fourth-order valence-electron chi connectivity index (χ4n) is 1.48. The Labute approximate surface area is 105 Å². The van der Waals surface area contributed by atoms with Crippen LogP contribution < -0.4 is 4.90 Å². The van der Waals surface area contributed by atoms with Crippen LogP contribution in [0.25, 0.3) is 0 Å². The number of rotatable bonds is 6. The van der Waals surface area contributed by atoms with Gasteiger partial charge in [-0.3, -0.25) is 4.79 Å². The van der Waals surface area contributed by atoms with Gasteiger partial charge < -0.3 is 10.0 Å². The Morgan fingerprint density at radius 2 is 2.29 bits per heavy atom. The van der Waals surface area contributed by atoms with E-state index in [2.05, 4.69) is 0 Å². The van der Waals surface area contributed by atoms with Crippen LogP contribution >= 0.6 is 11.6 Å². The summed E-state index contributed by atoms with van der Waals surface area (Å²) in [5, 5.41) is 17.9. The van der Waals surface area contributed by atoms with Gasteiger partial charge in [0.25, 0.3) is 0 Å². The zero-order valence-corrected chi connectivity index (χ0v) is 10.0. The molecule has 90 valence electrons. The van der Waals surface area contributed by atoms with Crippen LogP contribution in [0, 0.1) is 11.3 Å². The second-order valence-electron chi connectivity index (χ2n) is 3.56. The molecule has 0 radical (unpaired) electrons. The summed E-state index contributed by atoms with van der Waals surface area (Å²) in [5.74, 6) is -0.901. The molecule has 0 amide bonds. The Kier molecular flexibility index (Phi) is 5.31. The highest BCUT2D eigenvalue weighted by molar-refractivity contribution is 6.30. The summed E-state index contributed by atoms with van der Waals surface area (Å²) in [4.78, 5) is 12.5. The number of hydrogen-bond donors (Lipinski definition) is 1. The van der Waals surface area contributed by atoms with Crippen LogP contribution in [0.2, 0.25) is 5.02 Å². The molecule has 0 atom stereocenters. The van der Waals surface area contributed by atoms with E-state index >= 15 is 0 Å². The highest BCUT2D eigenvalue weighted by Gasteiger charge is 2.10. The maximum Gasteiger partial charge on any atom is 0.323 e. The van der Waals surface area contributed by atoms with E-state index in [4.69, 9.17) is 22.0 Å². The molecule has 0 aliphatic rings. The normalized spacial score (nSPS) is 9.65. The molecular formula is C12H13ClN2O2. The summed E-state index contributed by atoms with van der Waals surface area (Å²) in [7, 11) is 0. The molecule has 0 heterocycles. The van der Waals surface area contributed by atoms with Crippen LogP contribution in [-0.2, 0) is 4.79 Å². The van der Waals surface area contributed by atoms with Gasteiger partial charge in [-0.2, -0.15) is 5.26 Å². The minimum atomic E-state index is -0.901. The number of nitriles is 1. The molecule has 0 aromatic heterocycles. The van der Waals surface area contributed by atoms with E-state index in [9.17, 15) is 4.79 Å². The summed E-state index contributed by atoms with van der Waals surface area (Å²) in [6.07, 6.45) is 1.05. The monoisotopic (exact) mass is 252 g/mol. The van der Waals surface area contributed by atoms with Gasteiger partial charge >= 0.3 is 5.97 Å². The van der Waals surface area contributed by atoms with Crippen molar-refractivity contribution in [2.45, 2.75) is 12.8 Å². The summed E-state index contributed by atoms with van der Waals surface area (Å²) >= 11 is 5.86. The summed E-state index contributed by atoms with van der Waals surface area (Å²) in [6, 6.07) is 9.07. The zero-order chi connectivity index (χ0) is 12.7. The quantitative estimate of drug-likeness (QED) is 0.790. The van der Waals surface area contributed by atoms with Gasteiger partial charge in [-0.05, 0) is 24.6 Å². The maximum atomic E-state index is 10.8. The molecule has 4 nitrogen and oxygen atoms in total. The Morgan fingerprint density at radius 1 is 1.53 bits per heavy atom. The average Bonchev–Trinajstić information content (AvgIpc) is 2.27. The molecule has 0 aliphatic carbocycles. The third-order valence-corrected chi connectivity index (χ3v) is 2.45. The smallest absolute Gasteiger partial charge is 0.323 e. The first kappa shape index (κ1) is 13.3. The largest absolute Gasteiger partial charge is 0.480 e. The summed E-state index contributed by atoms with van der Waals surface area (Å²) in [6.45, 7) is 0.436. The van der Waals surface area contributed by atoms with Gasteiger partial charge in [-0.25, -0.2) is 0 Å². The van der Waals surface area contributed by atoms with E-state index in [1.54, 1.807) is 29.2 Å². The van der Waals surface area contributed by atoms with Crippen molar-refractivity contribution < 1.29 is 9.90 Å². The number of hydrogen-bond acceptors (Lipinski definition) is 3. The molecule has 17 heavy (non-hydrogen) atoms. The number of halogens is 1. The van der Waals surface area contributed by atoms with Gasteiger partial charge in [0.2, 0.25) is 0 Å². The molecule has 1 N–H and O–H groups in total. The number of carboxylic acids is 1. The fraction of sp³-hybridized carbons (Fsp3) is 0.333. The fourth-order valence-corrected chi connectivity index (χ4v) is 1.67. The molecule has 5 heteroatoms. The second kappa shape index (κ2) is 6.77. The van der Waals surface area contributed by atoms with Crippen molar-refractivity contribution in [2.75, 3.05) is 18.0 Å². The number of nitrogens with zero attached hydrogens (tertiary/aromatic N) is 2. The van der Waals surface area contributed by atoms with Gasteiger partial charge in [0.1, 0.15) is 6.54 Å². The first-order valence-corrected chi connectivity index (χ1v) is 5.60. The molecule has 0 aliphatic heterocycles. The number of unbranched alkanes of at least 4 members (excludes halogenated alkanes) is 1. The molecule has 0 saturated heterocycles. The Bertz CT molecular complexity index is 429. The van der Waals surface area contributed by atoms with E-state index in [0.717, 1.165) is 5.69 Å². The lowest BCUT2D eigenvalue weighted by Gasteiger charge is -2.22. The predicted octanol–water partition coefficient (Wildman–Crippen LogP) is 2.53. The van der Waals surface area contributed by atoms with Crippen molar-refractivity contribution in [3.8, 4) is 6.07 Å². The van der Waals surface area contributed by atoms with Gasteiger partial charge in [0.15, 0.2) is 0 Å². The lowest BCUT2D eigenvalue weighted by molar-refractivity contribution is -0.135. The van der Waals surface area contributed by atoms with Crippen LogP contribution in [0.1, 0.15) is 12.8 Å². The molecule has 0 unspecified atom stereocenters. The standard InChI is InChI=1S/C12H13ClN2O2/c13-10-4-3-5-11(8-10)15(9-12(16)17)7-2-1-6-14/h3-5,8H,1-2,7,9H2,(H,16,17). The van der Waals surface area contributed by atoms with Crippen molar-refractivity contribution in [3.05, 3.63) is 29.3 Å². The number of carbonyl (C=O) groups is 1. The minimum Gasteiger partial charge on any atom is -0.480 e. The molecule has 0 fully saturated rings. The van der Waals surface area contributed by atoms with Crippen LogP contribution in [0.15, 0.2) is 24.3 Å². The van der Waals surface area contributed by atoms with Crippen LogP contribution in [0.4, 0.5) is 5.69 Å². The van der Waals surface area contributed by atoms with Crippen molar-refractivity contribution in [2.24, 2.45) is 0 Å². The molecule has 0 saturated carbocycles. The number of carboxylic acid groups (broad SMARTS) is 1. The molecule has 1 rings (SSSR count). The lowest BCUT2D eigenvalue weighted by Crippen LogP contribution is -2.30. The highest BCUT2D eigenvalue weighted by atomic mass is 35.5. The third kappa shape index (κ3) is 4.75. The third-order valence-electron chi connectivity index (χ3n) is 2.22. The van der Waals surface area contributed by atoms with E-state index < -0.39 is 5.97 Å². The molecule has 0 bridgehead atoms. The van der Waals surface area contributed by atoms with E-state index in [1.165, 1.54) is 0 Å². The Morgan fingerprint density at radius 3 is 2.88 bits per heavy atom. The summed E-state index contributed by atoms with van der Waals surface area (Å²) < 4.78 is 0. The lowest BCUT2D eigenvalue weighted by atomic mass is 10.2. The van der Waals surface area contributed by atoms with Crippen molar-refractivity contribution in [3.63, 3.8) is 0 Å². The Hall–Kier alpha value is -1.73. The topological polar surface area (TPSA) is 64.3 Å². The summed E-state index contributed by atoms with van der Waals surface area (Å²) in [5.41, 5.74) is 0.762. The number of aliphatic carboxylic acids is 1. The van der Waals surface area contributed by atoms with Crippen molar-refractivity contribution in [1.82, 2.24) is 0 Å². The van der Waals surface area contributed by atoms with Crippen molar-refractivity contribution in [1.29, 1.82) is 5.26 Å². The van der Waals surface area contributed by atoms with Crippen LogP contribution in [0.3, 0.4) is 0 Å². The highest BCUT2D eigenvalue weighted by Crippen LogP contribution is 2.19. The number of anilines is 1. The second-order valence-corrected chi connectivity index (χ2v) is 3.99. The van der Waals surface area contributed by atoms with Gasteiger partial charge in [-0.1, -0.05) is 17.7 Å². The van der Waals surface area contributed by atoms with Crippen LogP contribution in [0.5, 0.6) is 0 Å². The van der Waals surface area contributed by atoms with E-state index in [1.807, 2.05) is 6.07 Å².